The van der Waals surface area contributed by atoms with Gasteiger partial charge >= 0.3 is 12.2 Å². The maximum Gasteiger partial charge on any atom is 0.408 e. The maximum atomic E-state index is 15.3. The first-order valence-electron chi connectivity index (χ1n) is 34.6. The second-order valence-electron chi connectivity index (χ2n) is 29.3. The first-order valence-corrected chi connectivity index (χ1v) is 34.6. The Labute approximate surface area is 615 Å². The van der Waals surface area contributed by atoms with E-state index >= 15 is 19.2 Å². The van der Waals surface area contributed by atoms with Crippen molar-refractivity contribution in [3.63, 3.8) is 0 Å². The van der Waals surface area contributed by atoms with Gasteiger partial charge < -0.3 is 30.7 Å². The monoisotopic (exact) mass is 1460 g/mol. The molecule has 0 spiro atoms. The van der Waals surface area contributed by atoms with E-state index in [1.165, 1.54) is 72.8 Å². The van der Waals surface area contributed by atoms with Gasteiger partial charge in [-0.1, -0.05) is 0 Å². The second-order valence-corrected chi connectivity index (χ2v) is 29.3. The SMILES string of the molecule is Cc1c(C)c(N2C(=O)c3ccc4c5c(ccc(c35)C2=O)C(=O)N(c2c(C)c(C)c(N3C(=O)c5ccc6c7c(ccc(c57)C3=O)C(=O)N(CCNC(=O)CNC(=O)OC(C)(C)C)C6=O)c(C)c2C)C4=O)c(C)c(C)c1N1C(=O)c2ccc3c4c(ccc(c24)C1=O)C(=O)N(CCNC(=O)CNC(=O)OC(C)(C)C)C3=O. The van der Waals surface area contributed by atoms with E-state index in [4.69, 9.17) is 9.47 Å². The highest BCUT2D eigenvalue weighted by Gasteiger charge is 2.48. The molecule has 108 heavy (non-hydrogen) atoms. The highest BCUT2D eigenvalue weighted by molar-refractivity contribution is 6.45. The average molecular weight is 1460 g/mol. The number of ether oxygens (including phenoxy) is 2. The number of hydrogen-bond acceptors (Lipinski definition) is 18. The van der Waals surface area contributed by atoms with Crippen LogP contribution in [0.2, 0.25) is 0 Å². The van der Waals surface area contributed by atoms with E-state index in [1.54, 1.807) is 96.9 Å². The molecule has 0 atom stereocenters. The second kappa shape index (κ2) is 25.3. The standard InChI is InChI=1S/C80H70N10O18/c1-33-37(5)63(38(6)34(2)61(33)87-69(97)45-19-15-41-55-42(16-20-46(57(45)55)70(87)98)66(94)85(65(41)93)29-27-81-53(91)31-83-77(105)107-79(9,10)11)89-73(101)49-23-25-51-60-52(26-24-50(59(49)60)74(89)102)76(104)90(75(51)103)64-39(7)35(3)62(36(4)40(64)8)88-71(99)47-21-17-43-56-44(18-22-48(58(47)56)72(88)100)68(96)86(67(43)95)30-28-82-54(92)32-84-78(106)108-80(12,13)14/h15-26H,27-32H2,1-14H3,(H,81,91)(H,82,92)(H,83,105)(H,84,106). The van der Waals surface area contributed by atoms with E-state index in [0.29, 0.717) is 44.5 Å². The van der Waals surface area contributed by atoms with Gasteiger partial charge in [0.15, 0.2) is 0 Å². The Morgan fingerprint density at radius 2 is 0.444 bits per heavy atom. The molecule has 0 fully saturated rings. The number of amides is 16. The number of anilines is 4. The summed E-state index contributed by atoms with van der Waals surface area (Å²) < 4.78 is 10.3. The van der Waals surface area contributed by atoms with Gasteiger partial charge in [0.05, 0.1) is 35.8 Å². The molecule has 6 aliphatic rings. The molecule has 28 nitrogen and oxygen atoms in total. The number of nitrogens with zero attached hydrogens (tertiary/aromatic N) is 6. The van der Waals surface area contributed by atoms with Crippen LogP contribution in [-0.2, 0) is 19.1 Å². The van der Waals surface area contributed by atoms with Crippen LogP contribution in [-0.4, -0.2) is 155 Å². The van der Waals surface area contributed by atoms with Gasteiger partial charge in [-0.3, -0.25) is 76.9 Å². The Morgan fingerprint density at radius 1 is 0.278 bits per heavy atom. The van der Waals surface area contributed by atoms with Crippen molar-refractivity contribution in [3.8, 4) is 0 Å². The molecule has 4 N–H and O–H groups in total. The predicted molar refractivity (Wildman–Crippen MR) is 392 cm³/mol. The molecule has 0 aromatic heterocycles. The zero-order chi connectivity index (χ0) is 78.0. The topological polar surface area (TPSA) is 359 Å². The van der Waals surface area contributed by atoms with Crippen molar-refractivity contribution in [3.05, 3.63) is 184 Å². The lowest BCUT2D eigenvalue weighted by Gasteiger charge is -2.37. The summed E-state index contributed by atoms with van der Waals surface area (Å²) in [7, 11) is 0. The molecule has 6 heterocycles. The van der Waals surface area contributed by atoms with E-state index in [0.717, 1.165) is 29.4 Å². The Bertz CT molecular complexity index is 5140. The molecule has 8 aromatic rings. The fraction of sp³-hybridized carbons (Fsp3) is 0.275. The smallest absolute Gasteiger partial charge is 0.408 e. The van der Waals surface area contributed by atoms with E-state index < -0.39 is 119 Å². The zero-order valence-corrected chi connectivity index (χ0v) is 61.2. The van der Waals surface area contributed by atoms with Gasteiger partial charge in [-0.05, 0) is 214 Å². The third-order valence-electron chi connectivity index (χ3n) is 20.7. The van der Waals surface area contributed by atoms with Gasteiger partial charge in [0.1, 0.15) is 11.2 Å². The van der Waals surface area contributed by atoms with Gasteiger partial charge in [-0.25, -0.2) is 29.2 Å². The van der Waals surface area contributed by atoms with Crippen LogP contribution in [0.15, 0.2) is 72.8 Å². The molecule has 28 heteroatoms. The Hall–Kier alpha value is -13.1. The fourth-order valence-electron chi connectivity index (χ4n) is 15.5. The molecule has 548 valence electrons. The van der Waals surface area contributed by atoms with Gasteiger partial charge in [0.25, 0.3) is 70.9 Å². The highest BCUT2D eigenvalue weighted by Crippen LogP contribution is 2.50. The van der Waals surface area contributed by atoms with Crippen LogP contribution >= 0.6 is 0 Å². The highest BCUT2D eigenvalue weighted by atomic mass is 16.6. The van der Waals surface area contributed by atoms with Crippen molar-refractivity contribution in [2.75, 3.05) is 58.9 Å². The summed E-state index contributed by atoms with van der Waals surface area (Å²) in [4.78, 5) is 233. The van der Waals surface area contributed by atoms with Crippen LogP contribution in [0.4, 0.5) is 32.3 Å². The molecule has 0 unspecified atom stereocenters. The van der Waals surface area contributed by atoms with Crippen LogP contribution in [0, 0.1) is 55.4 Å². The summed E-state index contributed by atoms with van der Waals surface area (Å²) in [5.74, 6) is -10.5. The molecule has 0 saturated heterocycles. The minimum atomic E-state index is -0.811. The molecule has 0 saturated carbocycles. The van der Waals surface area contributed by atoms with Crippen molar-refractivity contribution in [2.24, 2.45) is 0 Å². The number of carbonyl (C=O) groups excluding carboxylic acids is 16. The predicted octanol–water partition coefficient (Wildman–Crippen LogP) is 9.29. The van der Waals surface area contributed by atoms with Gasteiger partial charge in [-0.15, -0.1) is 0 Å². The molecule has 8 aromatic carbocycles. The van der Waals surface area contributed by atoms with Crippen LogP contribution < -0.4 is 40.9 Å². The Kier molecular flexibility index (Phi) is 16.8. The fourth-order valence-corrected chi connectivity index (χ4v) is 15.5. The van der Waals surface area contributed by atoms with Gasteiger partial charge in [0, 0.05) is 125 Å². The van der Waals surface area contributed by atoms with Crippen molar-refractivity contribution >= 4 is 150 Å². The van der Waals surface area contributed by atoms with E-state index in [-0.39, 0.29) is 148 Å². The molecule has 0 bridgehead atoms. The molecular weight excluding hydrogens is 1390 g/mol. The number of carbonyl (C=O) groups is 16. The summed E-state index contributed by atoms with van der Waals surface area (Å²) in [5.41, 5.74) is 1.89. The molecule has 16 amide bonds. The number of alkyl carbamates (subject to hydrolysis) is 2. The average Bonchev–Trinajstić information content (AvgIpc) is 0.708. The minimum absolute atomic E-state index is 0.0123. The molecule has 0 radical (unpaired) electrons. The van der Waals surface area contributed by atoms with Crippen LogP contribution in [0.1, 0.15) is 210 Å². The Balaban J connectivity index is 0.708. The molecular formula is C80H70N10O18. The van der Waals surface area contributed by atoms with Crippen molar-refractivity contribution < 1.29 is 86.2 Å². The lowest BCUT2D eigenvalue weighted by molar-refractivity contribution is -0.121. The molecule has 14 rings (SSSR count). The number of rotatable bonds is 14. The first kappa shape index (κ1) is 71.8. The van der Waals surface area contributed by atoms with Crippen LogP contribution in [0.25, 0.3) is 32.3 Å². The quantitative estimate of drug-likeness (QED) is 0.0736. The lowest BCUT2D eigenvalue weighted by atomic mass is 9.83. The number of hydrogen-bond donors (Lipinski definition) is 4. The number of nitrogens with one attached hydrogen (secondary N) is 4. The normalized spacial score (nSPS) is 15.2. The van der Waals surface area contributed by atoms with Gasteiger partial charge in [0.2, 0.25) is 11.8 Å². The maximum absolute atomic E-state index is 15.3. The molecule has 0 aliphatic carbocycles. The third-order valence-corrected chi connectivity index (χ3v) is 20.7. The first-order chi connectivity index (χ1) is 50.9. The van der Waals surface area contributed by atoms with Crippen LogP contribution in [0.3, 0.4) is 0 Å². The Morgan fingerprint density at radius 3 is 0.611 bits per heavy atom. The number of benzene rings is 8. The molecule has 6 aliphatic heterocycles. The van der Waals surface area contributed by atoms with E-state index in [1.807, 2.05) is 0 Å². The summed E-state index contributed by atoms with van der Waals surface area (Å²) in [6.07, 6.45) is -1.62. The third kappa shape index (κ3) is 10.8. The van der Waals surface area contributed by atoms with Crippen LogP contribution in [0.5, 0.6) is 0 Å². The van der Waals surface area contributed by atoms with Crippen molar-refractivity contribution in [1.82, 2.24) is 31.1 Å². The van der Waals surface area contributed by atoms with Gasteiger partial charge in [-0.2, -0.15) is 0 Å². The zero-order valence-electron chi connectivity index (χ0n) is 61.2. The minimum Gasteiger partial charge on any atom is -0.444 e. The summed E-state index contributed by atoms with van der Waals surface area (Å²) >= 11 is 0. The summed E-state index contributed by atoms with van der Waals surface area (Å²) in [6.45, 7) is 21.4. The van der Waals surface area contributed by atoms with Crippen molar-refractivity contribution in [2.45, 2.75) is 108 Å². The number of imide groups is 6. The summed E-state index contributed by atoms with van der Waals surface area (Å²) in [5, 5.41) is 10.3. The van der Waals surface area contributed by atoms with Crippen molar-refractivity contribution in [1.29, 1.82) is 0 Å². The van der Waals surface area contributed by atoms with E-state index in [2.05, 4.69) is 21.3 Å². The van der Waals surface area contributed by atoms with E-state index in [9.17, 15) is 57.5 Å². The summed E-state index contributed by atoms with van der Waals surface area (Å²) in [6, 6.07) is 16.8. The largest absolute Gasteiger partial charge is 0.444 e. The lowest BCUT2D eigenvalue weighted by Crippen LogP contribution is -2.47.